The Morgan fingerprint density at radius 1 is 1.06 bits per heavy atom. The maximum Gasteiger partial charge on any atom is 0.179 e. The molecule has 16 heavy (non-hydrogen) atoms. The molecule has 82 valence electrons. The Morgan fingerprint density at radius 2 is 1.75 bits per heavy atom. The Balaban J connectivity index is 2.42. The van der Waals surface area contributed by atoms with E-state index in [0.717, 1.165) is 14.5 Å². The molecule has 0 fully saturated rings. The van der Waals surface area contributed by atoms with E-state index in [1.165, 1.54) is 0 Å². The maximum atomic E-state index is 5.48. The van der Waals surface area contributed by atoms with Gasteiger partial charge in [0, 0.05) is 39.6 Å². The van der Waals surface area contributed by atoms with Crippen LogP contribution < -0.4 is 5.73 Å². The van der Waals surface area contributed by atoms with E-state index in [9.17, 15) is 0 Å². The minimum absolute atomic E-state index is 0.440. The second-order valence-electron chi connectivity index (χ2n) is 3.10. The third-order valence-electron chi connectivity index (χ3n) is 1.96. The molecule has 0 amide bonds. The molecule has 0 atom stereocenters. The second-order valence-corrected chi connectivity index (χ2v) is 4.87. The molecule has 4 nitrogen and oxygen atoms in total. The number of pyridine rings is 1. The van der Waals surface area contributed by atoms with Crippen LogP contribution in [0, 0.1) is 0 Å². The fraction of sp³-hybridized carbons (Fsp3) is 0.100. The van der Waals surface area contributed by atoms with Gasteiger partial charge in [-0.15, -0.1) is 0 Å². The van der Waals surface area contributed by atoms with Crippen molar-refractivity contribution in [2.24, 2.45) is 5.73 Å². The monoisotopic (exact) mass is 342 g/mol. The summed E-state index contributed by atoms with van der Waals surface area (Å²) in [6.07, 6.45) is 5.12. The molecule has 0 radical (unpaired) electrons. The van der Waals surface area contributed by atoms with Crippen molar-refractivity contribution in [1.29, 1.82) is 0 Å². The Labute approximate surface area is 110 Å². The van der Waals surface area contributed by atoms with Gasteiger partial charge in [0.15, 0.2) is 5.82 Å². The molecular formula is C10H8Br2N4. The maximum absolute atomic E-state index is 5.48. The highest BCUT2D eigenvalue weighted by Crippen LogP contribution is 2.25. The van der Waals surface area contributed by atoms with Crippen LogP contribution in [0.5, 0.6) is 0 Å². The van der Waals surface area contributed by atoms with Gasteiger partial charge in [-0.3, -0.25) is 4.98 Å². The van der Waals surface area contributed by atoms with Crippen molar-refractivity contribution in [3.8, 4) is 11.5 Å². The summed E-state index contributed by atoms with van der Waals surface area (Å²) in [6.45, 7) is 0.440. The lowest BCUT2D eigenvalue weighted by Gasteiger charge is -2.03. The van der Waals surface area contributed by atoms with Gasteiger partial charge in [0.1, 0.15) is 5.69 Å². The normalized spacial score (nSPS) is 10.4. The zero-order valence-corrected chi connectivity index (χ0v) is 11.4. The van der Waals surface area contributed by atoms with Crippen LogP contribution in [0.25, 0.3) is 11.5 Å². The SMILES string of the molecule is NCc1cnc(-c2ncc(Br)cc2Br)nc1. The van der Waals surface area contributed by atoms with Gasteiger partial charge in [-0.1, -0.05) is 0 Å². The van der Waals surface area contributed by atoms with Gasteiger partial charge in [-0.25, -0.2) is 9.97 Å². The summed E-state index contributed by atoms with van der Waals surface area (Å²) in [5.41, 5.74) is 7.09. The zero-order chi connectivity index (χ0) is 11.5. The lowest BCUT2D eigenvalue weighted by atomic mass is 10.3. The average Bonchev–Trinajstić information content (AvgIpc) is 2.29. The molecule has 2 rings (SSSR count). The van der Waals surface area contributed by atoms with Gasteiger partial charge in [-0.05, 0) is 37.9 Å². The van der Waals surface area contributed by atoms with Crippen molar-refractivity contribution in [3.05, 3.63) is 39.2 Å². The summed E-state index contributed by atoms with van der Waals surface area (Å²) in [5, 5.41) is 0. The Morgan fingerprint density at radius 3 is 2.31 bits per heavy atom. The zero-order valence-electron chi connectivity index (χ0n) is 8.19. The predicted octanol–water partition coefficient (Wildman–Crippen LogP) is 2.52. The predicted molar refractivity (Wildman–Crippen MR) is 68.6 cm³/mol. The minimum atomic E-state index is 0.440. The van der Waals surface area contributed by atoms with Crippen LogP contribution in [0.2, 0.25) is 0 Å². The molecule has 0 saturated heterocycles. The molecule has 2 aromatic rings. The Kier molecular flexibility index (Phi) is 3.63. The fourth-order valence-corrected chi connectivity index (χ4v) is 2.33. The summed E-state index contributed by atoms with van der Waals surface area (Å²) >= 11 is 6.76. The topological polar surface area (TPSA) is 64.7 Å². The van der Waals surface area contributed by atoms with E-state index in [4.69, 9.17) is 5.73 Å². The summed E-state index contributed by atoms with van der Waals surface area (Å²) in [7, 11) is 0. The van der Waals surface area contributed by atoms with Crippen molar-refractivity contribution < 1.29 is 0 Å². The van der Waals surface area contributed by atoms with Crippen LogP contribution in [0.15, 0.2) is 33.6 Å². The van der Waals surface area contributed by atoms with Crippen molar-refractivity contribution in [2.75, 3.05) is 0 Å². The van der Waals surface area contributed by atoms with Gasteiger partial charge in [0.2, 0.25) is 0 Å². The van der Waals surface area contributed by atoms with E-state index in [1.54, 1.807) is 18.6 Å². The first kappa shape index (κ1) is 11.6. The van der Waals surface area contributed by atoms with Crippen LogP contribution in [-0.2, 0) is 6.54 Å². The van der Waals surface area contributed by atoms with Crippen molar-refractivity contribution in [1.82, 2.24) is 15.0 Å². The standard InChI is InChI=1S/C10H8Br2N4/c11-7-1-8(12)9(14-5-7)10-15-3-6(2-13)4-16-10/h1,3-5H,2,13H2. The quantitative estimate of drug-likeness (QED) is 0.909. The molecule has 0 saturated carbocycles. The number of nitrogens with two attached hydrogens (primary N) is 1. The van der Waals surface area contributed by atoms with Gasteiger partial charge in [0.05, 0.1) is 0 Å². The van der Waals surface area contributed by atoms with Crippen molar-refractivity contribution in [2.45, 2.75) is 6.54 Å². The van der Waals surface area contributed by atoms with E-state index >= 15 is 0 Å². The van der Waals surface area contributed by atoms with Crippen LogP contribution in [-0.4, -0.2) is 15.0 Å². The van der Waals surface area contributed by atoms with E-state index in [2.05, 4.69) is 46.8 Å². The van der Waals surface area contributed by atoms with E-state index in [-0.39, 0.29) is 0 Å². The first-order chi connectivity index (χ1) is 7.70. The third-order valence-corrected chi connectivity index (χ3v) is 3.00. The van der Waals surface area contributed by atoms with Gasteiger partial charge in [0.25, 0.3) is 0 Å². The molecule has 2 heterocycles. The van der Waals surface area contributed by atoms with Crippen molar-refractivity contribution >= 4 is 31.9 Å². The summed E-state index contributed by atoms with van der Waals surface area (Å²) in [5.74, 6) is 0.580. The summed E-state index contributed by atoms with van der Waals surface area (Å²) in [6, 6.07) is 1.91. The molecule has 0 aromatic carbocycles. The lowest BCUT2D eigenvalue weighted by molar-refractivity contribution is 1.01. The molecule has 0 bridgehead atoms. The fourth-order valence-electron chi connectivity index (χ4n) is 1.16. The largest absolute Gasteiger partial charge is 0.326 e. The molecule has 0 spiro atoms. The number of halogens is 2. The molecule has 0 aliphatic carbocycles. The molecule has 0 aliphatic heterocycles. The van der Waals surface area contributed by atoms with Gasteiger partial charge >= 0.3 is 0 Å². The van der Waals surface area contributed by atoms with Gasteiger partial charge < -0.3 is 5.73 Å². The number of nitrogens with zero attached hydrogens (tertiary/aromatic N) is 3. The van der Waals surface area contributed by atoms with Crippen LogP contribution in [0.3, 0.4) is 0 Å². The highest BCUT2D eigenvalue weighted by Gasteiger charge is 2.07. The first-order valence-electron chi connectivity index (χ1n) is 4.53. The highest BCUT2D eigenvalue weighted by atomic mass is 79.9. The number of aromatic nitrogens is 3. The average molecular weight is 344 g/mol. The molecule has 0 aliphatic rings. The molecule has 0 unspecified atom stereocenters. The molecular weight excluding hydrogens is 336 g/mol. The molecule has 2 N–H and O–H groups in total. The second kappa shape index (κ2) is 4.99. The van der Waals surface area contributed by atoms with Crippen LogP contribution >= 0.6 is 31.9 Å². The lowest BCUT2D eigenvalue weighted by Crippen LogP contribution is -2.00. The summed E-state index contributed by atoms with van der Waals surface area (Å²) < 4.78 is 1.75. The Hall–Kier alpha value is -0.850. The van der Waals surface area contributed by atoms with E-state index < -0.39 is 0 Å². The minimum Gasteiger partial charge on any atom is -0.326 e. The van der Waals surface area contributed by atoms with Crippen LogP contribution in [0.1, 0.15) is 5.56 Å². The first-order valence-corrected chi connectivity index (χ1v) is 6.11. The summed E-state index contributed by atoms with van der Waals surface area (Å²) in [4.78, 5) is 12.7. The number of rotatable bonds is 2. The third kappa shape index (κ3) is 2.45. The van der Waals surface area contributed by atoms with Crippen LogP contribution in [0.4, 0.5) is 0 Å². The number of hydrogen-bond acceptors (Lipinski definition) is 4. The van der Waals surface area contributed by atoms with E-state index in [1.807, 2.05) is 6.07 Å². The molecule has 2 aromatic heterocycles. The van der Waals surface area contributed by atoms with E-state index in [0.29, 0.717) is 18.1 Å². The number of hydrogen-bond donors (Lipinski definition) is 1. The van der Waals surface area contributed by atoms with Crippen molar-refractivity contribution in [3.63, 3.8) is 0 Å². The highest BCUT2D eigenvalue weighted by molar-refractivity contribution is 9.11. The van der Waals surface area contributed by atoms with Gasteiger partial charge in [-0.2, -0.15) is 0 Å². The Bertz CT molecular complexity index is 499. The molecule has 6 heteroatoms. The smallest absolute Gasteiger partial charge is 0.179 e.